The Morgan fingerprint density at radius 2 is 1.83 bits per heavy atom. The number of hydrogen-bond acceptors (Lipinski definition) is 1. The van der Waals surface area contributed by atoms with Gasteiger partial charge in [0.2, 0.25) is 11.8 Å². The number of amides is 1. The molecule has 1 unspecified atom stereocenters. The van der Waals surface area contributed by atoms with Gasteiger partial charge >= 0.3 is 0 Å². The Hall–Kier alpha value is -0.670. The van der Waals surface area contributed by atoms with E-state index in [-0.39, 0.29) is 24.8 Å². The van der Waals surface area contributed by atoms with Crippen molar-refractivity contribution < 1.29 is 13.6 Å². The first kappa shape index (κ1) is 13.8. The van der Waals surface area contributed by atoms with Crippen molar-refractivity contribution in [3.63, 3.8) is 0 Å². The van der Waals surface area contributed by atoms with E-state index in [0.717, 1.165) is 12.8 Å². The zero-order valence-electron chi connectivity index (χ0n) is 10.9. The summed E-state index contributed by atoms with van der Waals surface area (Å²) in [6, 6.07) is -0.315. The van der Waals surface area contributed by atoms with Crippen LogP contribution in [0.1, 0.15) is 64.2 Å². The lowest BCUT2D eigenvalue weighted by Gasteiger charge is -2.30. The third-order valence-electron chi connectivity index (χ3n) is 4.20. The fourth-order valence-corrected chi connectivity index (χ4v) is 3.23. The van der Waals surface area contributed by atoms with E-state index in [9.17, 15) is 13.6 Å². The molecule has 104 valence electrons. The van der Waals surface area contributed by atoms with Gasteiger partial charge < -0.3 is 5.32 Å². The van der Waals surface area contributed by atoms with Crippen LogP contribution in [-0.4, -0.2) is 17.9 Å². The summed E-state index contributed by atoms with van der Waals surface area (Å²) in [6.45, 7) is 0. The lowest BCUT2D eigenvalue weighted by Crippen LogP contribution is -2.42. The van der Waals surface area contributed by atoms with Gasteiger partial charge in [-0.3, -0.25) is 4.79 Å². The van der Waals surface area contributed by atoms with Crippen LogP contribution in [0.25, 0.3) is 0 Å². The van der Waals surface area contributed by atoms with E-state index in [1.54, 1.807) is 0 Å². The quantitative estimate of drug-likeness (QED) is 0.823. The standard InChI is InChI=1S/C14H23F2NO/c15-14(16)8-4-7-12(10-14)17-13(18)9-11-5-2-1-3-6-11/h11-12H,1-10H2,(H,17,18). The highest BCUT2D eigenvalue weighted by atomic mass is 19.3. The van der Waals surface area contributed by atoms with Gasteiger partial charge in [0.1, 0.15) is 0 Å². The number of nitrogens with one attached hydrogen (secondary N) is 1. The Labute approximate surface area is 108 Å². The van der Waals surface area contributed by atoms with Gasteiger partial charge in [0.25, 0.3) is 0 Å². The predicted octanol–water partition coefficient (Wildman–Crippen LogP) is 3.65. The van der Waals surface area contributed by atoms with Crippen molar-refractivity contribution in [1.82, 2.24) is 5.32 Å². The molecular formula is C14H23F2NO. The Kier molecular flexibility index (Phi) is 4.57. The Balaban J connectivity index is 1.73. The van der Waals surface area contributed by atoms with Gasteiger partial charge in [0, 0.05) is 25.3 Å². The summed E-state index contributed by atoms with van der Waals surface area (Å²) >= 11 is 0. The minimum atomic E-state index is -2.58. The van der Waals surface area contributed by atoms with Crippen LogP contribution in [0.2, 0.25) is 0 Å². The highest BCUT2D eigenvalue weighted by molar-refractivity contribution is 5.76. The molecule has 0 bridgehead atoms. The second-order valence-electron chi connectivity index (χ2n) is 5.92. The molecule has 0 aromatic heterocycles. The molecule has 2 saturated carbocycles. The summed E-state index contributed by atoms with van der Waals surface area (Å²) in [7, 11) is 0. The molecule has 2 aliphatic rings. The van der Waals surface area contributed by atoms with Crippen molar-refractivity contribution in [2.75, 3.05) is 0 Å². The van der Waals surface area contributed by atoms with Crippen molar-refractivity contribution in [2.45, 2.75) is 76.2 Å². The number of alkyl halides is 2. The van der Waals surface area contributed by atoms with E-state index in [1.807, 2.05) is 0 Å². The number of rotatable bonds is 3. The van der Waals surface area contributed by atoms with Crippen molar-refractivity contribution >= 4 is 5.91 Å². The average molecular weight is 259 g/mol. The van der Waals surface area contributed by atoms with Gasteiger partial charge in [-0.25, -0.2) is 8.78 Å². The number of halogens is 2. The van der Waals surface area contributed by atoms with E-state index in [0.29, 0.717) is 25.2 Å². The SMILES string of the molecule is O=C(CC1CCCCC1)NC1CCCC(F)(F)C1. The van der Waals surface area contributed by atoms with E-state index in [1.165, 1.54) is 19.3 Å². The van der Waals surface area contributed by atoms with Gasteiger partial charge in [0.15, 0.2) is 0 Å². The molecule has 2 fully saturated rings. The molecule has 0 saturated heterocycles. The molecule has 0 aromatic carbocycles. The van der Waals surface area contributed by atoms with Crippen molar-refractivity contribution in [3.8, 4) is 0 Å². The van der Waals surface area contributed by atoms with Crippen molar-refractivity contribution in [1.29, 1.82) is 0 Å². The minimum Gasteiger partial charge on any atom is -0.353 e. The Morgan fingerprint density at radius 1 is 1.11 bits per heavy atom. The van der Waals surface area contributed by atoms with Crippen LogP contribution in [0, 0.1) is 5.92 Å². The maximum absolute atomic E-state index is 13.2. The number of hydrogen-bond donors (Lipinski definition) is 1. The summed E-state index contributed by atoms with van der Waals surface area (Å²) in [5.74, 6) is -2.13. The zero-order chi connectivity index (χ0) is 13.0. The topological polar surface area (TPSA) is 29.1 Å². The first-order chi connectivity index (χ1) is 8.55. The van der Waals surface area contributed by atoms with Gasteiger partial charge in [-0.1, -0.05) is 19.3 Å². The molecule has 0 heterocycles. The van der Waals surface area contributed by atoms with Crippen LogP contribution in [0.5, 0.6) is 0 Å². The molecule has 4 heteroatoms. The molecule has 2 rings (SSSR count). The van der Waals surface area contributed by atoms with Crippen LogP contribution < -0.4 is 5.32 Å². The molecular weight excluding hydrogens is 236 g/mol. The Morgan fingerprint density at radius 3 is 2.50 bits per heavy atom. The van der Waals surface area contributed by atoms with Crippen LogP contribution in [0.15, 0.2) is 0 Å². The van der Waals surface area contributed by atoms with E-state index >= 15 is 0 Å². The predicted molar refractivity (Wildman–Crippen MR) is 66.5 cm³/mol. The summed E-state index contributed by atoms with van der Waals surface area (Å²) in [4.78, 5) is 11.8. The van der Waals surface area contributed by atoms with E-state index in [2.05, 4.69) is 5.32 Å². The van der Waals surface area contributed by atoms with Gasteiger partial charge in [-0.05, 0) is 31.6 Å². The number of carbonyl (C=O) groups is 1. The van der Waals surface area contributed by atoms with Crippen molar-refractivity contribution in [2.24, 2.45) is 5.92 Å². The van der Waals surface area contributed by atoms with Gasteiger partial charge in [-0.15, -0.1) is 0 Å². The molecule has 0 spiro atoms. The fraction of sp³-hybridized carbons (Fsp3) is 0.929. The third-order valence-corrected chi connectivity index (χ3v) is 4.20. The summed E-state index contributed by atoms with van der Waals surface area (Å²) < 4.78 is 26.4. The normalized spacial score (nSPS) is 28.9. The lowest BCUT2D eigenvalue weighted by atomic mass is 9.86. The summed E-state index contributed by atoms with van der Waals surface area (Å²) in [5.41, 5.74) is 0. The van der Waals surface area contributed by atoms with Crippen LogP contribution in [0.4, 0.5) is 8.78 Å². The molecule has 2 aliphatic carbocycles. The molecule has 0 radical (unpaired) electrons. The largest absolute Gasteiger partial charge is 0.353 e. The van der Waals surface area contributed by atoms with Gasteiger partial charge in [-0.2, -0.15) is 0 Å². The Bertz CT molecular complexity index is 288. The maximum atomic E-state index is 13.2. The average Bonchev–Trinajstić information content (AvgIpc) is 2.28. The second-order valence-corrected chi connectivity index (χ2v) is 5.92. The first-order valence-corrected chi connectivity index (χ1v) is 7.22. The molecule has 1 N–H and O–H groups in total. The minimum absolute atomic E-state index is 0.0235. The highest BCUT2D eigenvalue weighted by Crippen LogP contribution is 2.33. The van der Waals surface area contributed by atoms with E-state index in [4.69, 9.17) is 0 Å². The molecule has 1 amide bonds. The molecule has 2 nitrogen and oxygen atoms in total. The molecule has 1 atom stereocenters. The molecule has 0 aliphatic heterocycles. The maximum Gasteiger partial charge on any atom is 0.250 e. The zero-order valence-corrected chi connectivity index (χ0v) is 10.9. The fourth-order valence-electron chi connectivity index (χ4n) is 3.23. The van der Waals surface area contributed by atoms with E-state index < -0.39 is 5.92 Å². The van der Waals surface area contributed by atoms with Crippen LogP contribution in [-0.2, 0) is 4.79 Å². The first-order valence-electron chi connectivity index (χ1n) is 7.22. The molecule has 0 aromatic rings. The van der Waals surface area contributed by atoms with Crippen LogP contribution in [0.3, 0.4) is 0 Å². The highest BCUT2D eigenvalue weighted by Gasteiger charge is 2.36. The van der Waals surface area contributed by atoms with Crippen LogP contribution >= 0.6 is 0 Å². The smallest absolute Gasteiger partial charge is 0.250 e. The monoisotopic (exact) mass is 259 g/mol. The second kappa shape index (κ2) is 5.98. The summed E-state index contributed by atoms with van der Waals surface area (Å²) in [5, 5.41) is 2.80. The summed E-state index contributed by atoms with van der Waals surface area (Å²) in [6.07, 6.45) is 7.47. The number of carbonyl (C=O) groups excluding carboxylic acids is 1. The molecule has 18 heavy (non-hydrogen) atoms. The lowest BCUT2D eigenvalue weighted by molar-refractivity contribution is -0.124. The van der Waals surface area contributed by atoms with Gasteiger partial charge in [0.05, 0.1) is 0 Å². The third kappa shape index (κ3) is 4.21. The van der Waals surface area contributed by atoms with Crippen molar-refractivity contribution in [3.05, 3.63) is 0 Å².